The zero-order valence-electron chi connectivity index (χ0n) is 23.9. The van der Waals surface area contributed by atoms with Crippen molar-refractivity contribution in [2.45, 2.75) is 150 Å². The molecule has 0 unspecified atom stereocenters. The van der Waals surface area contributed by atoms with Crippen molar-refractivity contribution < 1.29 is 23.8 Å². The molecule has 202 valence electrons. The molecule has 0 fully saturated rings. The first-order chi connectivity index (χ1) is 15.7. The third kappa shape index (κ3) is 21.6. The number of unbranched alkanes of at least 4 members (excludes halogenated alkanes) is 7. The molecule has 0 spiro atoms. The molecule has 0 bridgehead atoms. The molecule has 0 aromatic carbocycles. The van der Waals surface area contributed by atoms with Gasteiger partial charge in [-0.3, -0.25) is 9.59 Å². The van der Waals surface area contributed by atoms with E-state index in [1.165, 1.54) is 19.3 Å². The number of hydrogen-bond acceptors (Lipinski definition) is 5. The van der Waals surface area contributed by atoms with Crippen LogP contribution in [0, 0.1) is 5.41 Å². The van der Waals surface area contributed by atoms with Crippen LogP contribution in [0.25, 0.3) is 0 Å². The fourth-order valence-electron chi connectivity index (χ4n) is 3.57. The Bertz CT molecular complexity index is 540. The molecule has 0 N–H and O–H groups in total. The lowest BCUT2D eigenvalue weighted by Crippen LogP contribution is -2.35. The van der Waals surface area contributed by atoms with E-state index in [-0.39, 0.29) is 17.4 Å². The zero-order valence-corrected chi connectivity index (χ0v) is 23.9. The summed E-state index contributed by atoms with van der Waals surface area (Å²) < 4.78 is 16.9. The van der Waals surface area contributed by atoms with Gasteiger partial charge in [-0.2, -0.15) is 0 Å². The minimum absolute atomic E-state index is 0.0964. The van der Waals surface area contributed by atoms with Crippen molar-refractivity contribution >= 4 is 11.8 Å². The van der Waals surface area contributed by atoms with E-state index < -0.39 is 5.60 Å². The van der Waals surface area contributed by atoms with Gasteiger partial charge in [-0.1, -0.05) is 46.5 Å². The van der Waals surface area contributed by atoms with Crippen LogP contribution in [0.1, 0.15) is 139 Å². The second kappa shape index (κ2) is 17.5. The standard InChI is InChI=1S/C29H56O5/c1-27(2,3)21-15-10-9-13-19-25(30)29(7,8)34-24-18-12-16-22-32-26(31)20-14-11-17-23-33-28(4,5)6/h9-24H2,1-8H3. The van der Waals surface area contributed by atoms with E-state index in [1.807, 2.05) is 13.8 Å². The third-order valence-corrected chi connectivity index (χ3v) is 5.83. The molecule has 0 aliphatic heterocycles. The maximum Gasteiger partial charge on any atom is 0.305 e. The number of ketones is 1. The number of carbonyl (C=O) groups is 2. The van der Waals surface area contributed by atoms with Crippen LogP contribution in [0.5, 0.6) is 0 Å². The van der Waals surface area contributed by atoms with Crippen molar-refractivity contribution in [2.75, 3.05) is 19.8 Å². The summed E-state index contributed by atoms with van der Waals surface area (Å²) in [5.74, 6) is 0.0837. The van der Waals surface area contributed by atoms with E-state index in [9.17, 15) is 9.59 Å². The summed E-state index contributed by atoms with van der Waals surface area (Å²) in [5.41, 5.74) is -0.411. The van der Waals surface area contributed by atoms with E-state index in [0.717, 1.165) is 58.0 Å². The average molecular weight is 485 g/mol. The summed E-state index contributed by atoms with van der Waals surface area (Å²) in [6.45, 7) is 18.5. The number of carbonyl (C=O) groups excluding carboxylic acids is 2. The van der Waals surface area contributed by atoms with Gasteiger partial charge in [0, 0.05) is 26.1 Å². The molecular weight excluding hydrogens is 428 g/mol. The maximum atomic E-state index is 12.5. The lowest BCUT2D eigenvalue weighted by molar-refractivity contribution is -0.144. The molecule has 0 aliphatic rings. The van der Waals surface area contributed by atoms with Crippen LogP contribution in [0.4, 0.5) is 0 Å². The van der Waals surface area contributed by atoms with Crippen LogP contribution < -0.4 is 0 Å². The summed E-state index contributed by atoms with van der Waals surface area (Å²) in [6, 6.07) is 0. The first kappa shape index (κ1) is 33.1. The Kier molecular flexibility index (Phi) is 17.0. The summed E-state index contributed by atoms with van der Waals surface area (Å²) in [7, 11) is 0. The molecule has 0 amide bonds. The minimum atomic E-state index is -0.713. The van der Waals surface area contributed by atoms with Crippen LogP contribution in [0.15, 0.2) is 0 Å². The molecule has 0 atom stereocenters. The molecule has 34 heavy (non-hydrogen) atoms. The second-order valence-corrected chi connectivity index (χ2v) is 12.3. The lowest BCUT2D eigenvalue weighted by atomic mass is 9.89. The Morgan fingerprint density at radius 3 is 1.68 bits per heavy atom. The predicted molar refractivity (Wildman–Crippen MR) is 141 cm³/mol. The van der Waals surface area contributed by atoms with Crippen LogP contribution >= 0.6 is 0 Å². The average Bonchev–Trinajstić information content (AvgIpc) is 2.70. The number of hydrogen-bond donors (Lipinski definition) is 0. The van der Waals surface area contributed by atoms with Gasteiger partial charge in [-0.25, -0.2) is 0 Å². The SMILES string of the molecule is CC(C)(C)CCCCCCC(=O)C(C)(C)OCCCCCOC(=O)CCCCCOC(C)(C)C. The highest BCUT2D eigenvalue weighted by Crippen LogP contribution is 2.23. The molecule has 5 heteroatoms. The highest BCUT2D eigenvalue weighted by molar-refractivity contribution is 5.86. The van der Waals surface area contributed by atoms with E-state index in [1.54, 1.807) is 0 Å². The Balaban J connectivity index is 3.65. The molecule has 0 aromatic heterocycles. The molecule has 0 saturated carbocycles. The molecule has 0 heterocycles. The predicted octanol–water partition coefficient (Wildman–Crippen LogP) is 7.83. The van der Waals surface area contributed by atoms with Gasteiger partial charge in [0.25, 0.3) is 0 Å². The van der Waals surface area contributed by atoms with Crippen molar-refractivity contribution in [3.05, 3.63) is 0 Å². The minimum Gasteiger partial charge on any atom is -0.466 e. The van der Waals surface area contributed by atoms with E-state index in [4.69, 9.17) is 14.2 Å². The second-order valence-electron chi connectivity index (χ2n) is 12.3. The molecule has 0 rings (SSSR count). The van der Waals surface area contributed by atoms with Crippen molar-refractivity contribution in [1.82, 2.24) is 0 Å². The van der Waals surface area contributed by atoms with Gasteiger partial charge in [0.1, 0.15) is 5.60 Å². The fraction of sp³-hybridized carbons (Fsp3) is 0.931. The van der Waals surface area contributed by atoms with Gasteiger partial charge >= 0.3 is 5.97 Å². The molecule has 0 radical (unpaired) electrons. The van der Waals surface area contributed by atoms with Crippen LogP contribution in [-0.4, -0.2) is 42.8 Å². The summed E-state index contributed by atoms with van der Waals surface area (Å²) in [6.07, 6.45) is 12.2. The number of rotatable bonds is 20. The molecule has 0 aliphatic carbocycles. The Labute approximate surface area is 211 Å². The summed E-state index contributed by atoms with van der Waals surface area (Å²) in [5, 5.41) is 0. The monoisotopic (exact) mass is 484 g/mol. The largest absolute Gasteiger partial charge is 0.466 e. The van der Waals surface area contributed by atoms with Gasteiger partial charge in [-0.05, 0) is 85.0 Å². The van der Waals surface area contributed by atoms with Gasteiger partial charge in [-0.15, -0.1) is 0 Å². The highest BCUT2D eigenvalue weighted by Gasteiger charge is 2.27. The molecular formula is C29H56O5. The molecule has 5 nitrogen and oxygen atoms in total. The first-order valence-electron chi connectivity index (χ1n) is 13.7. The maximum absolute atomic E-state index is 12.5. The van der Waals surface area contributed by atoms with Gasteiger partial charge < -0.3 is 14.2 Å². The summed E-state index contributed by atoms with van der Waals surface area (Å²) in [4.78, 5) is 24.3. The topological polar surface area (TPSA) is 61.8 Å². The fourth-order valence-corrected chi connectivity index (χ4v) is 3.57. The Hall–Kier alpha value is -0.940. The van der Waals surface area contributed by atoms with Crippen LogP contribution in [-0.2, 0) is 23.8 Å². The van der Waals surface area contributed by atoms with Crippen molar-refractivity contribution in [1.29, 1.82) is 0 Å². The van der Waals surface area contributed by atoms with Crippen molar-refractivity contribution in [3.8, 4) is 0 Å². The molecule has 0 aromatic rings. The van der Waals surface area contributed by atoms with Gasteiger partial charge in [0.05, 0.1) is 12.2 Å². The van der Waals surface area contributed by atoms with E-state index in [0.29, 0.717) is 31.5 Å². The highest BCUT2D eigenvalue weighted by atomic mass is 16.5. The van der Waals surface area contributed by atoms with Crippen molar-refractivity contribution in [3.63, 3.8) is 0 Å². The smallest absolute Gasteiger partial charge is 0.305 e. The van der Waals surface area contributed by atoms with Gasteiger partial charge in [0.2, 0.25) is 0 Å². The van der Waals surface area contributed by atoms with E-state index >= 15 is 0 Å². The molecule has 0 saturated heterocycles. The first-order valence-corrected chi connectivity index (χ1v) is 13.7. The summed E-state index contributed by atoms with van der Waals surface area (Å²) >= 11 is 0. The van der Waals surface area contributed by atoms with Crippen LogP contribution in [0.3, 0.4) is 0 Å². The quantitative estimate of drug-likeness (QED) is 0.130. The lowest BCUT2D eigenvalue weighted by Gasteiger charge is -2.24. The zero-order chi connectivity index (χ0) is 26.1. The third-order valence-electron chi connectivity index (χ3n) is 5.83. The van der Waals surface area contributed by atoms with Gasteiger partial charge in [0.15, 0.2) is 5.78 Å². The van der Waals surface area contributed by atoms with Crippen molar-refractivity contribution in [2.24, 2.45) is 5.41 Å². The Morgan fingerprint density at radius 1 is 0.559 bits per heavy atom. The number of esters is 1. The number of Topliss-reactive ketones (excluding diaryl/α,β-unsaturated/α-hetero) is 1. The Morgan fingerprint density at radius 2 is 1.06 bits per heavy atom. The normalized spacial score (nSPS) is 12.7. The van der Waals surface area contributed by atoms with E-state index in [2.05, 4.69) is 41.5 Å². The van der Waals surface area contributed by atoms with Crippen LogP contribution in [0.2, 0.25) is 0 Å². The number of ether oxygens (including phenoxy) is 3.